The number of carbonyl (C=O) groups excluding carboxylic acids is 2. The van der Waals surface area contributed by atoms with E-state index < -0.39 is 11.8 Å². The number of hydrogen-bond acceptors (Lipinski definition) is 3. The lowest BCUT2D eigenvalue weighted by atomic mass is 10.4. The average Bonchev–Trinajstić information content (AvgIpc) is 2.20. The molecule has 0 spiro atoms. The van der Waals surface area contributed by atoms with Crippen molar-refractivity contribution in [3.63, 3.8) is 0 Å². The van der Waals surface area contributed by atoms with E-state index in [4.69, 9.17) is 11.6 Å². The smallest absolute Gasteiger partial charge is 0.314 e. The topological polar surface area (TPSA) is 71.1 Å². The summed E-state index contributed by atoms with van der Waals surface area (Å²) >= 11 is 5.63. The zero-order valence-corrected chi connectivity index (χ0v) is 9.71. The summed E-state index contributed by atoms with van der Waals surface area (Å²) in [4.78, 5) is 26.4. The van der Waals surface area contributed by atoms with Gasteiger partial charge in [0, 0.05) is 12.2 Å². The van der Waals surface area contributed by atoms with Crippen LogP contribution in [0, 0.1) is 0 Å². The van der Waals surface area contributed by atoms with Crippen molar-refractivity contribution in [2.75, 3.05) is 5.32 Å². The highest BCUT2D eigenvalue weighted by molar-refractivity contribution is 6.39. The summed E-state index contributed by atoms with van der Waals surface area (Å²) in [6, 6.07) is 3.00. The van der Waals surface area contributed by atoms with Crippen molar-refractivity contribution in [2.24, 2.45) is 0 Å². The molecule has 0 bridgehead atoms. The highest BCUT2D eigenvalue weighted by atomic mass is 35.5. The normalized spacial score (nSPS) is 10.0. The molecule has 0 saturated carbocycles. The van der Waals surface area contributed by atoms with Gasteiger partial charge in [-0.3, -0.25) is 9.59 Å². The number of pyridine rings is 1. The summed E-state index contributed by atoms with van der Waals surface area (Å²) in [6.45, 7) is 3.54. The first-order chi connectivity index (χ1) is 7.49. The first kappa shape index (κ1) is 12.4. The van der Waals surface area contributed by atoms with Crippen molar-refractivity contribution in [3.8, 4) is 0 Å². The molecule has 1 heterocycles. The maximum atomic E-state index is 11.3. The second-order valence-electron chi connectivity index (χ2n) is 3.44. The van der Waals surface area contributed by atoms with E-state index in [0.717, 1.165) is 0 Å². The van der Waals surface area contributed by atoms with Gasteiger partial charge in [-0.25, -0.2) is 4.98 Å². The zero-order chi connectivity index (χ0) is 12.1. The fraction of sp³-hybridized carbons (Fsp3) is 0.300. The largest absolute Gasteiger partial charge is 0.346 e. The van der Waals surface area contributed by atoms with Crippen LogP contribution in [0.25, 0.3) is 0 Å². The van der Waals surface area contributed by atoms with Crippen LogP contribution in [-0.4, -0.2) is 22.8 Å². The zero-order valence-electron chi connectivity index (χ0n) is 8.95. The van der Waals surface area contributed by atoms with Gasteiger partial charge in [-0.2, -0.15) is 0 Å². The van der Waals surface area contributed by atoms with Crippen LogP contribution < -0.4 is 10.6 Å². The van der Waals surface area contributed by atoms with Crippen LogP contribution in [0.15, 0.2) is 18.3 Å². The van der Waals surface area contributed by atoms with E-state index in [2.05, 4.69) is 15.6 Å². The number of amides is 2. The minimum atomic E-state index is -0.747. The van der Waals surface area contributed by atoms with E-state index in [1.165, 1.54) is 12.3 Å². The molecule has 16 heavy (non-hydrogen) atoms. The van der Waals surface area contributed by atoms with Crippen molar-refractivity contribution in [2.45, 2.75) is 19.9 Å². The van der Waals surface area contributed by atoms with Gasteiger partial charge in [0.2, 0.25) is 0 Å². The van der Waals surface area contributed by atoms with Crippen LogP contribution in [0.3, 0.4) is 0 Å². The Morgan fingerprint density at radius 2 is 2.00 bits per heavy atom. The second kappa shape index (κ2) is 5.46. The predicted octanol–water partition coefficient (Wildman–Crippen LogP) is 1.20. The van der Waals surface area contributed by atoms with Gasteiger partial charge in [0.05, 0.1) is 5.02 Å². The molecule has 1 rings (SSSR count). The molecule has 0 aliphatic carbocycles. The Morgan fingerprint density at radius 3 is 2.50 bits per heavy atom. The predicted molar refractivity (Wildman–Crippen MR) is 61.2 cm³/mol. The van der Waals surface area contributed by atoms with Crippen molar-refractivity contribution in [1.82, 2.24) is 10.3 Å². The summed E-state index contributed by atoms with van der Waals surface area (Å²) in [5, 5.41) is 5.29. The maximum absolute atomic E-state index is 11.3. The number of carbonyl (C=O) groups is 2. The first-order valence-electron chi connectivity index (χ1n) is 4.72. The van der Waals surface area contributed by atoms with Crippen LogP contribution in [-0.2, 0) is 9.59 Å². The van der Waals surface area contributed by atoms with Crippen molar-refractivity contribution in [3.05, 3.63) is 23.4 Å². The fourth-order valence-electron chi connectivity index (χ4n) is 0.951. The molecule has 2 N–H and O–H groups in total. The number of hydrogen-bond donors (Lipinski definition) is 2. The minimum absolute atomic E-state index is 0.0866. The van der Waals surface area contributed by atoms with Gasteiger partial charge < -0.3 is 10.6 Å². The highest BCUT2D eigenvalue weighted by Crippen LogP contribution is 2.09. The second-order valence-corrected chi connectivity index (χ2v) is 3.88. The van der Waals surface area contributed by atoms with Crippen molar-refractivity contribution < 1.29 is 9.59 Å². The molecular weight excluding hydrogens is 230 g/mol. The number of nitrogens with one attached hydrogen (secondary N) is 2. The van der Waals surface area contributed by atoms with Gasteiger partial charge in [-0.15, -0.1) is 0 Å². The molecule has 1 aromatic heterocycles. The standard InChI is InChI=1S/C10H12ClN3O2/c1-6(2)13-9(15)10(16)14-8-4-3-7(11)5-12-8/h3-6H,1-2H3,(H,13,15)(H,12,14,16). The molecule has 0 fully saturated rings. The molecule has 6 heteroatoms. The lowest BCUT2D eigenvalue weighted by Crippen LogP contribution is -2.39. The average molecular weight is 242 g/mol. The van der Waals surface area contributed by atoms with E-state index in [0.29, 0.717) is 5.02 Å². The summed E-state index contributed by atoms with van der Waals surface area (Å²) in [7, 11) is 0. The maximum Gasteiger partial charge on any atom is 0.314 e. The molecule has 0 aliphatic heterocycles. The van der Waals surface area contributed by atoms with E-state index in [9.17, 15) is 9.59 Å². The Morgan fingerprint density at radius 1 is 1.31 bits per heavy atom. The molecule has 0 radical (unpaired) electrons. The SMILES string of the molecule is CC(C)NC(=O)C(=O)Nc1ccc(Cl)cn1. The Balaban J connectivity index is 2.57. The highest BCUT2D eigenvalue weighted by Gasteiger charge is 2.14. The van der Waals surface area contributed by atoms with Crippen LogP contribution in [0.4, 0.5) is 5.82 Å². The third-order valence-corrected chi connectivity index (χ3v) is 1.82. The number of halogens is 1. The van der Waals surface area contributed by atoms with Crippen LogP contribution in [0.5, 0.6) is 0 Å². The first-order valence-corrected chi connectivity index (χ1v) is 5.10. The molecule has 5 nitrogen and oxygen atoms in total. The molecule has 2 amide bonds. The van der Waals surface area contributed by atoms with Crippen molar-refractivity contribution >= 4 is 29.2 Å². The Bertz CT molecular complexity index is 390. The molecule has 0 atom stereocenters. The summed E-state index contributed by atoms with van der Waals surface area (Å²) in [6.07, 6.45) is 1.39. The summed E-state index contributed by atoms with van der Waals surface area (Å²) < 4.78 is 0. The molecular formula is C10H12ClN3O2. The molecule has 0 saturated heterocycles. The summed E-state index contributed by atoms with van der Waals surface area (Å²) in [5.41, 5.74) is 0. The third-order valence-electron chi connectivity index (χ3n) is 1.59. The third kappa shape index (κ3) is 3.86. The number of anilines is 1. The number of aromatic nitrogens is 1. The Kier molecular flexibility index (Phi) is 4.25. The Hall–Kier alpha value is -1.62. The lowest BCUT2D eigenvalue weighted by Gasteiger charge is -2.07. The molecule has 1 aromatic rings. The number of nitrogens with zero attached hydrogens (tertiary/aromatic N) is 1. The van der Waals surface area contributed by atoms with Gasteiger partial charge in [0.15, 0.2) is 0 Å². The van der Waals surface area contributed by atoms with Crippen LogP contribution in [0.2, 0.25) is 5.02 Å². The summed E-state index contributed by atoms with van der Waals surface area (Å²) in [5.74, 6) is -1.15. The van der Waals surface area contributed by atoms with Crippen LogP contribution in [0.1, 0.15) is 13.8 Å². The van der Waals surface area contributed by atoms with E-state index in [1.54, 1.807) is 19.9 Å². The van der Waals surface area contributed by atoms with Gasteiger partial charge in [0.25, 0.3) is 0 Å². The molecule has 86 valence electrons. The van der Waals surface area contributed by atoms with Gasteiger partial charge in [0.1, 0.15) is 5.82 Å². The van der Waals surface area contributed by atoms with Gasteiger partial charge in [-0.05, 0) is 26.0 Å². The van der Waals surface area contributed by atoms with E-state index >= 15 is 0 Å². The fourth-order valence-corrected chi connectivity index (χ4v) is 1.06. The molecule has 0 aliphatic rings. The Labute approximate surface area is 98.2 Å². The number of rotatable bonds is 2. The van der Waals surface area contributed by atoms with Crippen LogP contribution >= 0.6 is 11.6 Å². The molecule has 0 aromatic carbocycles. The van der Waals surface area contributed by atoms with Gasteiger partial charge >= 0.3 is 11.8 Å². The van der Waals surface area contributed by atoms with E-state index in [-0.39, 0.29) is 11.9 Å². The van der Waals surface area contributed by atoms with E-state index in [1.807, 2.05) is 0 Å². The quantitative estimate of drug-likeness (QED) is 0.765. The van der Waals surface area contributed by atoms with Gasteiger partial charge in [-0.1, -0.05) is 11.6 Å². The monoisotopic (exact) mass is 241 g/mol. The minimum Gasteiger partial charge on any atom is -0.346 e. The lowest BCUT2D eigenvalue weighted by molar-refractivity contribution is -0.136. The molecule has 0 unspecified atom stereocenters. The van der Waals surface area contributed by atoms with Crippen molar-refractivity contribution in [1.29, 1.82) is 0 Å².